The monoisotopic (exact) mass is 399 g/mol. The van der Waals surface area contributed by atoms with E-state index in [0.29, 0.717) is 22.3 Å². The van der Waals surface area contributed by atoms with Crippen LogP contribution in [0.4, 0.5) is 0 Å². The van der Waals surface area contributed by atoms with Gasteiger partial charge in [-0.1, -0.05) is 12.1 Å². The predicted molar refractivity (Wildman–Crippen MR) is 108 cm³/mol. The normalized spacial score (nSPS) is 12.4. The van der Waals surface area contributed by atoms with Crippen molar-refractivity contribution in [2.24, 2.45) is 5.73 Å². The van der Waals surface area contributed by atoms with Crippen LogP contribution in [-0.4, -0.2) is 23.3 Å². The number of hydrogen-bond acceptors (Lipinski definition) is 6. The molecule has 3 aromatic rings. The number of rotatable bonds is 5. The summed E-state index contributed by atoms with van der Waals surface area (Å²) in [5.74, 6) is -0.174. The molecule has 0 saturated carbocycles. The second kappa shape index (κ2) is 8.05. The van der Waals surface area contributed by atoms with Gasteiger partial charge in [-0.2, -0.15) is 5.26 Å². The first-order chi connectivity index (χ1) is 14.6. The highest BCUT2D eigenvalue weighted by Crippen LogP contribution is 2.43. The molecule has 0 saturated heterocycles. The molecule has 7 nitrogen and oxygen atoms in total. The molecule has 4 rings (SSSR count). The fourth-order valence-electron chi connectivity index (χ4n) is 3.33. The lowest BCUT2D eigenvalue weighted by Gasteiger charge is -2.22. The number of hydrogen-bond donors (Lipinski definition) is 1. The fourth-order valence-corrected chi connectivity index (χ4v) is 3.33. The zero-order chi connectivity index (χ0) is 21.1. The molecule has 148 valence electrons. The largest absolute Gasteiger partial charge is 0.491 e. The Bertz CT molecular complexity index is 1180. The molecule has 0 unspecified atom stereocenters. The molecule has 1 aromatic heterocycles. The molecule has 2 aromatic carbocycles. The first-order valence-corrected chi connectivity index (χ1v) is 9.27. The Morgan fingerprint density at radius 2 is 2.00 bits per heavy atom. The van der Waals surface area contributed by atoms with Crippen LogP contribution >= 0.6 is 0 Å². The van der Waals surface area contributed by atoms with E-state index in [4.69, 9.17) is 15.2 Å². The van der Waals surface area contributed by atoms with E-state index in [1.807, 2.05) is 0 Å². The third kappa shape index (κ3) is 3.59. The van der Waals surface area contributed by atoms with Gasteiger partial charge in [0.15, 0.2) is 11.5 Å². The van der Waals surface area contributed by atoms with Crippen molar-refractivity contribution in [3.05, 3.63) is 77.1 Å². The smallest absolute Gasteiger partial charge is 0.248 e. The van der Waals surface area contributed by atoms with E-state index in [0.717, 1.165) is 5.56 Å². The number of carbonyl (C=O) groups is 2. The van der Waals surface area contributed by atoms with Crippen molar-refractivity contribution in [2.45, 2.75) is 13.0 Å². The quantitative estimate of drug-likeness (QED) is 0.704. The third-order valence-electron chi connectivity index (χ3n) is 4.81. The number of pyridine rings is 1. The van der Waals surface area contributed by atoms with Crippen molar-refractivity contribution < 1.29 is 19.1 Å². The van der Waals surface area contributed by atoms with Gasteiger partial charge in [0.25, 0.3) is 0 Å². The van der Waals surface area contributed by atoms with Gasteiger partial charge in [0.05, 0.1) is 12.2 Å². The van der Waals surface area contributed by atoms with Gasteiger partial charge in [-0.3, -0.25) is 14.6 Å². The molecule has 0 aliphatic carbocycles. The number of fused-ring (bicyclic) bond motifs is 1. The number of ketones is 1. The standard InChI is InChI=1S/C23H17N3O4/c24-12-19-21(30-13-14-4-7-26-8-5-14)17(11-18-20(27)6-9-29-22(18)19)15-2-1-3-16(10-15)23(25)28/h1-5,7-8,10-11H,6,9,13H2,(H2,25,28). The summed E-state index contributed by atoms with van der Waals surface area (Å²) >= 11 is 0. The maximum atomic E-state index is 12.5. The summed E-state index contributed by atoms with van der Waals surface area (Å²) in [6.45, 7) is 0.396. The number of nitrogens with zero attached hydrogens (tertiary/aromatic N) is 2. The van der Waals surface area contributed by atoms with Crippen LogP contribution in [0.25, 0.3) is 11.1 Å². The molecule has 1 aliphatic rings. The van der Waals surface area contributed by atoms with Crippen molar-refractivity contribution in [3.63, 3.8) is 0 Å². The lowest BCUT2D eigenvalue weighted by Crippen LogP contribution is -2.17. The topological polar surface area (TPSA) is 115 Å². The van der Waals surface area contributed by atoms with Crippen LogP contribution in [0.1, 0.15) is 38.3 Å². The number of nitrogens with two attached hydrogens (primary N) is 1. The molecule has 0 bridgehead atoms. The molecule has 2 N–H and O–H groups in total. The Hall–Kier alpha value is -4.18. The van der Waals surface area contributed by atoms with Crippen LogP contribution in [0.3, 0.4) is 0 Å². The summed E-state index contributed by atoms with van der Waals surface area (Å²) in [6, 6.07) is 14.0. The number of primary amides is 1. The number of nitriles is 1. The van der Waals surface area contributed by atoms with Gasteiger partial charge in [0.2, 0.25) is 5.91 Å². The van der Waals surface area contributed by atoms with Crippen molar-refractivity contribution in [2.75, 3.05) is 6.61 Å². The first-order valence-electron chi connectivity index (χ1n) is 9.27. The summed E-state index contributed by atoms with van der Waals surface area (Å²) in [5.41, 5.74) is 8.19. The van der Waals surface area contributed by atoms with Crippen molar-refractivity contribution in [1.82, 2.24) is 4.98 Å². The number of aromatic nitrogens is 1. The number of carbonyl (C=O) groups excluding carboxylic acids is 2. The van der Waals surface area contributed by atoms with Crippen molar-refractivity contribution in [3.8, 4) is 28.7 Å². The minimum atomic E-state index is -0.575. The van der Waals surface area contributed by atoms with Crippen LogP contribution in [0.5, 0.6) is 11.5 Å². The van der Waals surface area contributed by atoms with Crippen LogP contribution in [-0.2, 0) is 6.61 Å². The highest BCUT2D eigenvalue weighted by atomic mass is 16.5. The van der Waals surface area contributed by atoms with E-state index in [2.05, 4.69) is 11.1 Å². The fraction of sp³-hybridized carbons (Fsp3) is 0.130. The summed E-state index contributed by atoms with van der Waals surface area (Å²) in [7, 11) is 0. The Labute approximate surface area is 172 Å². The predicted octanol–water partition coefficient (Wildman–Crippen LogP) is 3.26. The van der Waals surface area contributed by atoms with E-state index in [1.54, 1.807) is 54.9 Å². The Morgan fingerprint density at radius 3 is 2.73 bits per heavy atom. The number of Topliss-reactive ketones (excluding diaryl/α,β-unsaturated/α-hetero) is 1. The maximum Gasteiger partial charge on any atom is 0.248 e. The Kier molecular flexibility index (Phi) is 5.14. The van der Waals surface area contributed by atoms with Gasteiger partial charge in [0.1, 0.15) is 24.0 Å². The minimum absolute atomic E-state index is 0.110. The highest BCUT2D eigenvalue weighted by molar-refractivity contribution is 6.03. The molecule has 30 heavy (non-hydrogen) atoms. The lowest BCUT2D eigenvalue weighted by atomic mass is 9.93. The number of ether oxygens (including phenoxy) is 2. The third-order valence-corrected chi connectivity index (χ3v) is 4.81. The highest BCUT2D eigenvalue weighted by Gasteiger charge is 2.28. The van der Waals surface area contributed by atoms with Crippen LogP contribution < -0.4 is 15.2 Å². The molecule has 1 amide bonds. The molecule has 2 heterocycles. The van der Waals surface area contributed by atoms with Crippen LogP contribution in [0, 0.1) is 11.3 Å². The van der Waals surface area contributed by atoms with E-state index >= 15 is 0 Å². The van der Waals surface area contributed by atoms with E-state index < -0.39 is 5.91 Å². The lowest BCUT2D eigenvalue weighted by molar-refractivity contribution is 0.0931. The summed E-state index contributed by atoms with van der Waals surface area (Å²) in [5, 5.41) is 9.87. The maximum absolute atomic E-state index is 12.5. The molecule has 0 atom stereocenters. The minimum Gasteiger partial charge on any atom is -0.491 e. The average molecular weight is 399 g/mol. The number of benzene rings is 2. The van der Waals surface area contributed by atoms with Gasteiger partial charge >= 0.3 is 0 Å². The number of amides is 1. The van der Waals surface area contributed by atoms with Crippen LogP contribution in [0.2, 0.25) is 0 Å². The molecule has 0 fully saturated rings. The van der Waals surface area contributed by atoms with Crippen LogP contribution in [0.15, 0.2) is 54.9 Å². The van der Waals surface area contributed by atoms with Gasteiger partial charge in [0, 0.05) is 29.9 Å². The molecule has 1 aliphatic heterocycles. The van der Waals surface area contributed by atoms with Gasteiger partial charge in [-0.15, -0.1) is 0 Å². The second-order valence-corrected chi connectivity index (χ2v) is 6.73. The summed E-state index contributed by atoms with van der Waals surface area (Å²) in [4.78, 5) is 28.1. The summed E-state index contributed by atoms with van der Waals surface area (Å²) < 4.78 is 11.7. The Morgan fingerprint density at radius 1 is 1.20 bits per heavy atom. The molecule has 7 heteroatoms. The zero-order valence-electron chi connectivity index (χ0n) is 15.9. The van der Waals surface area contributed by atoms with Crippen molar-refractivity contribution in [1.29, 1.82) is 5.26 Å². The molecular formula is C23H17N3O4. The van der Waals surface area contributed by atoms with Gasteiger partial charge in [-0.25, -0.2) is 0 Å². The first kappa shape index (κ1) is 19.2. The average Bonchev–Trinajstić information content (AvgIpc) is 2.78. The van der Waals surface area contributed by atoms with Crippen molar-refractivity contribution >= 4 is 11.7 Å². The summed E-state index contributed by atoms with van der Waals surface area (Å²) in [6.07, 6.45) is 3.53. The SMILES string of the molecule is N#Cc1c2c(cc(-c3cccc(C(N)=O)c3)c1OCc1ccncc1)C(=O)CCO2. The molecular weight excluding hydrogens is 382 g/mol. The molecule has 0 radical (unpaired) electrons. The van der Waals surface area contributed by atoms with Gasteiger partial charge < -0.3 is 15.2 Å². The van der Waals surface area contributed by atoms with E-state index in [1.165, 1.54) is 0 Å². The van der Waals surface area contributed by atoms with E-state index in [9.17, 15) is 14.9 Å². The second-order valence-electron chi connectivity index (χ2n) is 6.73. The van der Waals surface area contributed by atoms with Gasteiger partial charge in [-0.05, 0) is 41.5 Å². The Balaban J connectivity index is 1.89. The van der Waals surface area contributed by atoms with E-state index in [-0.39, 0.29) is 42.5 Å². The zero-order valence-corrected chi connectivity index (χ0v) is 15.9. The molecule has 0 spiro atoms.